The van der Waals surface area contributed by atoms with Gasteiger partial charge in [0.15, 0.2) is 5.65 Å². The van der Waals surface area contributed by atoms with E-state index in [0.29, 0.717) is 12.5 Å². The second-order valence-corrected chi connectivity index (χ2v) is 4.85. The van der Waals surface area contributed by atoms with Crippen molar-refractivity contribution in [3.8, 4) is 0 Å². The molecule has 0 aliphatic heterocycles. The van der Waals surface area contributed by atoms with Gasteiger partial charge in [-0.1, -0.05) is 26.7 Å². The highest BCUT2D eigenvalue weighted by atomic mass is 15.3. The van der Waals surface area contributed by atoms with Crippen LogP contribution in [0.3, 0.4) is 0 Å². The minimum atomic E-state index is 0.136. The Morgan fingerprint density at radius 3 is 2.74 bits per heavy atom. The lowest BCUT2D eigenvalue weighted by atomic mass is 9.95. The molecule has 0 aromatic carbocycles. The highest BCUT2D eigenvalue weighted by Gasteiger charge is 2.15. The molecule has 0 saturated heterocycles. The van der Waals surface area contributed by atoms with Crippen molar-refractivity contribution in [1.29, 1.82) is 0 Å². The molecule has 6 heteroatoms. The van der Waals surface area contributed by atoms with Crippen LogP contribution >= 0.6 is 0 Å². The number of anilines is 1. The van der Waals surface area contributed by atoms with Crippen LogP contribution in [0.5, 0.6) is 0 Å². The molecular weight excluding hydrogens is 240 g/mol. The summed E-state index contributed by atoms with van der Waals surface area (Å²) in [5, 5.41) is 8.45. The lowest BCUT2D eigenvalue weighted by Gasteiger charge is -2.21. The molecule has 0 aliphatic rings. The van der Waals surface area contributed by atoms with Crippen LogP contribution in [-0.4, -0.2) is 32.3 Å². The van der Waals surface area contributed by atoms with Crippen molar-refractivity contribution in [1.82, 2.24) is 19.7 Å². The second kappa shape index (κ2) is 5.97. The Morgan fingerprint density at radius 2 is 2.05 bits per heavy atom. The number of aryl methyl sites for hydroxylation is 1. The monoisotopic (exact) mass is 262 g/mol. The fourth-order valence-corrected chi connectivity index (χ4v) is 2.38. The van der Waals surface area contributed by atoms with Crippen molar-refractivity contribution in [3.05, 3.63) is 12.5 Å². The lowest BCUT2D eigenvalue weighted by molar-refractivity contribution is 0.407. The van der Waals surface area contributed by atoms with Crippen LogP contribution < -0.4 is 11.1 Å². The minimum Gasteiger partial charge on any atom is -0.368 e. The quantitative estimate of drug-likeness (QED) is 0.825. The van der Waals surface area contributed by atoms with E-state index in [1.165, 1.54) is 0 Å². The average molecular weight is 262 g/mol. The number of hydrogen-bond acceptors (Lipinski definition) is 5. The van der Waals surface area contributed by atoms with Crippen molar-refractivity contribution in [3.63, 3.8) is 0 Å². The number of nitrogens with zero attached hydrogens (tertiary/aromatic N) is 4. The Morgan fingerprint density at radius 1 is 1.32 bits per heavy atom. The molecule has 6 nitrogen and oxygen atoms in total. The predicted octanol–water partition coefficient (Wildman–Crippen LogP) is 1.54. The third kappa shape index (κ3) is 2.84. The molecule has 19 heavy (non-hydrogen) atoms. The van der Waals surface area contributed by atoms with E-state index in [2.05, 4.69) is 34.2 Å². The molecule has 2 aromatic rings. The first kappa shape index (κ1) is 13.7. The van der Waals surface area contributed by atoms with Crippen LogP contribution in [0.15, 0.2) is 12.5 Å². The first-order valence-electron chi connectivity index (χ1n) is 6.79. The van der Waals surface area contributed by atoms with Gasteiger partial charge >= 0.3 is 0 Å². The van der Waals surface area contributed by atoms with Crippen molar-refractivity contribution in [2.75, 3.05) is 11.9 Å². The maximum absolute atomic E-state index is 6.21. The maximum atomic E-state index is 6.21. The summed E-state index contributed by atoms with van der Waals surface area (Å²) in [7, 11) is 1.87. The van der Waals surface area contributed by atoms with E-state index in [1.807, 2.05) is 7.05 Å². The van der Waals surface area contributed by atoms with E-state index in [-0.39, 0.29) is 6.04 Å². The van der Waals surface area contributed by atoms with E-state index >= 15 is 0 Å². The lowest BCUT2D eigenvalue weighted by Crippen LogP contribution is -2.36. The van der Waals surface area contributed by atoms with E-state index in [4.69, 9.17) is 5.73 Å². The molecule has 0 aliphatic carbocycles. The van der Waals surface area contributed by atoms with Crippen molar-refractivity contribution >= 4 is 16.9 Å². The Labute approximate surface area is 113 Å². The number of nitrogens with two attached hydrogens (primary N) is 1. The Balaban J connectivity index is 2.09. The zero-order valence-electron chi connectivity index (χ0n) is 11.8. The molecule has 1 atom stereocenters. The van der Waals surface area contributed by atoms with E-state index in [0.717, 1.165) is 29.7 Å². The zero-order chi connectivity index (χ0) is 13.8. The number of aromatic nitrogens is 4. The van der Waals surface area contributed by atoms with E-state index < -0.39 is 0 Å². The number of fused-ring (bicyclic) bond motifs is 1. The molecule has 2 heterocycles. The molecule has 0 spiro atoms. The van der Waals surface area contributed by atoms with E-state index in [9.17, 15) is 0 Å². The van der Waals surface area contributed by atoms with Gasteiger partial charge in [0.2, 0.25) is 0 Å². The highest BCUT2D eigenvalue weighted by molar-refractivity contribution is 5.85. The van der Waals surface area contributed by atoms with Gasteiger partial charge in [0, 0.05) is 19.6 Å². The molecule has 0 fully saturated rings. The summed E-state index contributed by atoms with van der Waals surface area (Å²) in [4.78, 5) is 8.49. The molecule has 3 N–H and O–H groups in total. The topological polar surface area (TPSA) is 81.7 Å². The molecular formula is C13H22N6. The summed E-state index contributed by atoms with van der Waals surface area (Å²) < 4.78 is 1.74. The predicted molar refractivity (Wildman–Crippen MR) is 76.8 cm³/mol. The average Bonchev–Trinajstić information content (AvgIpc) is 2.80. The maximum Gasteiger partial charge on any atom is 0.163 e. The Kier molecular flexibility index (Phi) is 4.31. The summed E-state index contributed by atoms with van der Waals surface area (Å²) >= 11 is 0. The SMILES string of the molecule is CCC(CC)C(N)CNc1ncnc2c1cnn2C. The number of nitrogens with one attached hydrogen (secondary N) is 1. The second-order valence-electron chi connectivity index (χ2n) is 4.85. The van der Waals surface area contributed by atoms with Gasteiger partial charge in [0.05, 0.1) is 11.6 Å². The smallest absolute Gasteiger partial charge is 0.163 e. The molecule has 1 unspecified atom stereocenters. The largest absolute Gasteiger partial charge is 0.368 e. The van der Waals surface area contributed by atoms with Gasteiger partial charge in [-0.05, 0) is 5.92 Å². The van der Waals surface area contributed by atoms with Crippen LogP contribution in [0.4, 0.5) is 5.82 Å². The van der Waals surface area contributed by atoms with Crippen LogP contribution in [0, 0.1) is 5.92 Å². The molecule has 0 radical (unpaired) electrons. The van der Waals surface area contributed by atoms with E-state index in [1.54, 1.807) is 17.2 Å². The first-order chi connectivity index (χ1) is 9.17. The van der Waals surface area contributed by atoms with Gasteiger partial charge in [-0.25, -0.2) is 9.97 Å². The standard InChI is InChI=1S/C13H22N6/c1-4-9(5-2)11(14)7-15-12-10-6-18-19(3)13(10)17-8-16-12/h6,8-9,11H,4-5,7,14H2,1-3H3,(H,15,16,17). The van der Waals surface area contributed by atoms with Gasteiger partial charge in [0.25, 0.3) is 0 Å². The highest BCUT2D eigenvalue weighted by Crippen LogP contribution is 2.18. The summed E-state index contributed by atoms with van der Waals surface area (Å²) in [5.41, 5.74) is 7.04. The summed E-state index contributed by atoms with van der Waals surface area (Å²) in [6.45, 7) is 5.07. The van der Waals surface area contributed by atoms with Gasteiger partial charge in [-0.15, -0.1) is 0 Å². The van der Waals surface area contributed by atoms with Gasteiger partial charge in [-0.3, -0.25) is 4.68 Å². The van der Waals surface area contributed by atoms with Crippen molar-refractivity contribution in [2.45, 2.75) is 32.7 Å². The summed E-state index contributed by atoms with van der Waals surface area (Å²) in [6.07, 6.45) is 5.53. The number of hydrogen-bond donors (Lipinski definition) is 2. The van der Waals surface area contributed by atoms with Crippen molar-refractivity contribution in [2.24, 2.45) is 18.7 Å². The van der Waals surface area contributed by atoms with Gasteiger partial charge in [-0.2, -0.15) is 5.10 Å². The van der Waals surface area contributed by atoms with Crippen LogP contribution in [-0.2, 0) is 7.05 Å². The normalized spacial score (nSPS) is 13.1. The van der Waals surface area contributed by atoms with Crippen molar-refractivity contribution < 1.29 is 0 Å². The Bertz CT molecular complexity index is 531. The molecule has 0 saturated carbocycles. The summed E-state index contributed by atoms with van der Waals surface area (Å²) in [6, 6.07) is 0.136. The number of rotatable bonds is 6. The molecule has 2 aromatic heterocycles. The van der Waals surface area contributed by atoms with Gasteiger partial charge in [0.1, 0.15) is 12.1 Å². The molecule has 104 valence electrons. The minimum absolute atomic E-state index is 0.136. The van der Waals surface area contributed by atoms with Crippen LogP contribution in [0.1, 0.15) is 26.7 Å². The van der Waals surface area contributed by atoms with Crippen LogP contribution in [0.2, 0.25) is 0 Å². The molecule has 2 rings (SSSR count). The third-order valence-electron chi connectivity index (χ3n) is 3.69. The fraction of sp³-hybridized carbons (Fsp3) is 0.615. The molecule has 0 amide bonds. The first-order valence-corrected chi connectivity index (χ1v) is 6.79. The third-order valence-corrected chi connectivity index (χ3v) is 3.69. The Hall–Kier alpha value is -1.69. The van der Waals surface area contributed by atoms with Gasteiger partial charge < -0.3 is 11.1 Å². The fourth-order valence-electron chi connectivity index (χ4n) is 2.38. The zero-order valence-corrected chi connectivity index (χ0v) is 11.8. The molecule has 0 bridgehead atoms. The van der Waals surface area contributed by atoms with Crippen LogP contribution in [0.25, 0.3) is 11.0 Å². The summed E-state index contributed by atoms with van der Waals surface area (Å²) in [5.74, 6) is 1.35.